The van der Waals surface area contributed by atoms with Crippen LogP contribution in [0.2, 0.25) is 0 Å². The van der Waals surface area contributed by atoms with Gasteiger partial charge in [-0.25, -0.2) is 8.42 Å². The minimum absolute atomic E-state index is 0.00780. The van der Waals surface area contributed by atoms with Crippen LogP contribution in [0.5, 0.6) is 5.75 Å². The molecule has 0 saturated heterocycles. The van der Waals surface area contributed by atoms with E-state index in [2.05, 4.69) is 0 Å². The van der Waals surface area contributed by atoms with E-state index < -0.39 is 25.9 Å². The molecule has 8 nitrogen and oxygen atoms in total. The number of nitro groups is 1. The first-order valence-electron chi connectivity index (χ1n) is 11.4. The van der Waals surface area contributed by atoms with Crippen LogP contribution in [0.4, 0.5) is 5.69 Å². The van der Waals surface area contributed by atoms with Crippen LogP contribution in [0.15, 0.2) is 72.1 Å². The van der Waals surface area contributed by atoms with E-state index in [1.165, 1.54) is 23.6 Å². The summed E-state index contributed by atoms with van der Waals surface area (Å²) in [6.45, 7) is 4.04. The first-order valence-corrected chi connectivity index (χ1v) is 13.0. The summed E-state index contributed by atoms with van der Waals surface area (Å²) in [6.07, 6.45) is 2.32. The molecule has 3 aromatic rings. The third-order valence-electron chi connectivity index (χ3n) is 5.65. The summed E-state index contributed by atoms with van der Waals surface area (Å²) in [7, 11) is -3.63. The molecular formula is C27H28N2O6S. The van der Waals surface area contributed by atoms with E-state index in [1.807, 2.05) is 6.92 Å². The summed E-state index contributed by atoms with van der Waals surface area (Å²) in [6, 6.07) is 18.4. The number of non-ortho nitro benzene ring substituents is 1. The smallest absolute Gasteiger partial charge is 0.269 e. The van der Waals surface area contributed by atoms with Crippen molar-refractivity contribution < 1.29 is 22.9 Å². The van der Waals surface area contributed by atoms with Crippen LogP contribution in [0.3, 0.4) is 0 Å². The molecule has 0 bridgehead atoms. The minimum atomic E-state index is -3.63. The third kappa shape index (κ3) is 6.79. The average Bonchev–Trinajstić information content (AvgIpc) is 2.86. The Labute approximate surface area is 210 Å². The fourth-order valence-corrected chi connectivity index (χ4v) is 4.68. The molecule has 36 heavy (non-hydrogen) atoms. The molecule has 0 spiro atoms. The maximum Gasteiger partial charge on any atom is 0.269 e. The second-order valence-electron chi connectivity index (χ2n) is 8.32. The number of carbonyl (C=O) groups is 1. The molecule has 1 amide bonds. The number of sulfone groups is 1. The highest BCUT2D eigenvalue weighted by Crippen LogP contribution is 2.29. The largest absolute Gasteiger partial charge is 0.493 e. The predicted octanol–water partition coefficient (Wildman–Crippen LogP) is 5.23. The number of hydrogen-bond donors (Lipinski definition) is 1. The lowest BCUT2D eigenvalue weighted by Crippen LogP contribution is -2.14. The zero-order chi connectivity index (χ0) is 26.3. The Morgan fingerprint density at radius 3 is 2.22 bits per heavy atom. The molecule has 2 N–H and O–H groups in total. The van der Waals surface area contributed by atoms with Gasteiger partial charge in [-0.05, 0) is 59.9 Å². The van der Waals surface area contributed by atoms with Crippen molar-refractivity contribution in [3.63, 3.8) is 0 Å². The predicted molar refractivity (Wildman–Crippen MR) is 140 cm³/mol. The van der Waals surface area contributed by atoms with Gasteiger partial charge in [0.15, 0.2) is 9.84 Å². The maximum atomic E-state index is 13.0. The van der Waals surface area contributed by atoms with Gasteiger partial charge in [0.2, 0.25) is 5.91 Å². The van der Waals surface area contributed by atoms with E-state index >= 15 is 0 Å². The molecule has 0 radical (unpaired) electrons. The van der Waals surface area contributed by atoms with Gasteiger partial charge in [-0.1, -0.05) is 43.3 Å². The fourth-order valence-electron chi connectivity index (χ4n) is 3.56. The van der Waals surface area contributed by atoms with Gasteiger partial charge in [0.1, 0.15) is 5.75 Å². The van der Waals surface area contributed by atoms with Crippen LogP contribution in [-0.4, -0.2) is 25.9 Å². The van der Waals surface area contributed by atoms with Crippen LogP contribution >= 0.6 is 0 Å². The van der Waals surface area contributed by atoms with E-state index in [0.29, 0.717) is 29.0 Å². The highest BCUT2D eigenvalue weighted by molar-refractivity contribution is 7.94. The number of nitrogens with two attached hydrogens (primary N) is 1. The Morgan fingerprint density at radius 1 is 1.06 bits per heavy atom. The van der Waals surface area contributed by atoms with Crippen molar-refractivity contribution in [3.05, 3.63) is 98.9 Å². The third-order valence-corrected chi connectivity index (χ3v) is 7.43. The lowest BCUT2D eigenvalue weighted by molar-refractivity contribution is -0.384. The van der Waals surface area contributed by atoms with Gasteiger partial charge in [-0.2, -0.15) is 0 Å². The summed E-state index contributed by atoms with van der Waals surface area (Å²) in [4.78, 5) is 21.7. The monoisotopic (exact) mass is 508 g/mol. The molecule has 0 aromatic heterocycles. The van der Waals surface area contributed by atoms with Crippen molar-refractivity contribution in [1.29, 1.82) is 0 Å². The van der Waals surface area contributed by atoms with Gasteiger partial charge in [0.25, 0.3) is 5.69 Å². The van der Waals surface area contributed by atoms with Gasteiger partial charge in [-0.3, -0.25) is 14.9 Å². The Kier molecular flexibility index (Phi) is 8.60. The fraction of sp³-hybridized carbons (Fsp3) is 0.222. The van der Waals surface area contributed by atoms with Gasteiger partial charge in [-0.15, -0.1) is 0 Å². The number of benzene rings is 3. The number of rotatable bonds is 11. The molecule has 3 rings (SSSR count). The van der Waals surface area contributed by atoms with E-state index in [9.17, 15) is 23.3 Å². The summed E-state index contributed by atoms with van der Waals surface area (Å²) in [5.41, 5.74) is 8.83. The van der Waals surface area contributed by atoms with E-state index in [0.717, 1.165) is 17.5 Å². The average molecular weight is 509 g/mol. The van der Waals surface area contributed by atoms with Gasteiger partial charge >= 0.3 is 0 Å². The van der Waals surface area contributed by atoms with Crippen molar-refractivity contribution in [2.45, 2.75) is 31.9 Å². The quantitative estimate of drug-likeness (QED) is 0.279. The van der Waals surface area contributed by atoms with Crippen molar-refractivity contribution >= 4 is 27.5 Å². The molecule has 1 unspecified atom stereocenters. The van der Waals surface area contributed by atoms with Crippen molar-refractivity contribution in [2.75, 3.05) is 6.61 Å². The number of hydrogen-bond acceptors (Lipinski definition) is 6. The summed E-state index contributed by atoms with van der Waals surface area (Å²) >= 11 is 0. The van der Waals surface area contributed by atoms with Crippen molar-refractivity contribution in [1.82, 2.24) is 0 Å². The summed E-state index contributed by atoms with van der Waals surface area (Å²) < 4.78 is 31.7. The first kappa shape index (κ1) is 26.6. The van der Waals surface area contributed by atoms with E-state index in [4.69, 9.17) is 10.5 Å². The first-order chi connectivity index (χ1) is 17.1. The second kappa shape index (κ2) is 11.6. The molecule has 188 valence electrons. The number of ether oxygens (including phenoxy) is 1. The molecule has 0 aliphatic carbocycles. The van der Waals surface area contributed by atoms with Crippen LogP contribution in [0.25, 0.3) is 17.2 Å². The Hall–Kier alpha value is -3.98. The lowest BCUT2D eigenvalue weighted by Gasteiger charge is -2.12. The van der Waals surface area contributed by atoms with Gasteiger partial charge in [0.05, 0.1) is 23.2 Å². The van der Waals surface area contributed by atoms with Crippen LogP contribution in [0.1, 0.15) is 42.2 Å². The van der Waals surface area contributed by atoms with Gasteiger partial charge < -0.3 is 10.5 Å². The van der Waals surface area contributed by atoms with Crippen LogP contribution < -0.4 is 10.5 Å². The minimum Gasteiger partial charge on any atom is -0.493 e. The SMILES string of the molecule is CCCOc1cc(/C=C/S(=O)(=O)C(C)c2ccc(-c3ccc([N+](=O)[O-])cc3)cc2)ccc1CC(N)=O. The number of nitrogens with zero attached hydrogens (tertiary/aromatic N) is 1. The number of carbonyl (C=O) groups excluding carboxylic acids is 1. The Morgan fingerprint density at radius 2 is 1.67 bits per heavy atom. The summed E-state index contributed by atoms with van der Waals surface area (Å²) in [5, 5.41) is 11.2. The van der Waals surface area contributed by atoms with Crippen molar-refractivity contribution in [3.8, 4) is 16.9 Å². The molecule has 3 aromatic carbocycles. The molecular weight excluding hydrogens is 480 g/mol. The molecule has 0 heterocycles. The number of nitro benzene ring substituents is 1. The standard InChI is InChI=1S/C27H28N2O6S/c1-3-15-35-26-17-20(4-5-24(26)18-27(28)30)14-16-36(33,34)19(2)21-6-8-22(9-7-21)23-10-12-25(13-11-23)29(31)32/h4-14,16-17,19H,3,15,18H2,1-2H3,(H2,28,30)/b16-14+. The van der Waals surface area contributed by atoms with E-state index in [-0.39, 0.29) is 12.1 Å². The number of primary amides is 1. The molecule has 0 aliphatic rings. The van der Waals surface area contributed by atoms with Crippen LogP contribution in [-0.2, 0) is 21.1 Å². The second-order valence-corrected chi connectivity index (χ2v) is 10.5. The highest BCUT2D eigenvalue weighted by atomic mass is 32.2. The lowest BCUT2D eigenvalue weighted by atomic mass is 10.0. The maximum absolute atomic E-state index is 13.0. The van der Waals surface area contributed by atoms with Crippen molar-refractivity contribution in [2.24, 2.45) is 5.73 Å². The summed E-state index contributed by atoms with van der Waals surface area (Å²) in [5.74, 6) is 0.0284. The zero-order valence-corrected chi connectivity index (χ0v) is 20.9. The Bertz CT molecular complexity index is 1360. The highest BCUT2D eigenvalue weighted by Gasteiger charge is 2.20. The molecule has 0 aliphatic heterocycles. The van der Waals surface area contributed by atoms with E-state index in [1.54, 1.807) is 61.5 Å². The number of amides is 1. The molecule has 0 saturated carbocycles. The van der Waals surface area contributed by atoms with Crippen LogP contribution in [0, 0.1) is 10.1 Å². The molecule has 1 atom stereocenters. The normalized spacial score (nSPS) is 12.4. The van der Waals surface area contributed by atoms with Gasteiger partial charge in [0, 0.05) is 23.1 Å². The Balaban J connectivity index is 1.77. The molecule has 9 heteroatoms. The topological polar surface area (TPSA) is 130 Å². The molecule has 0 fully saturated rings. The zero-order valence-electron chi connectivity index (χ0n) is 20.1.